The second-order valence-electron chi connectivity index (χ2n) is 3.43. The number of amides is 1. The van der Waals surface area contributed by atoms with Crippen LogP contribution in [-0.2, 0) is 0 Å². The van der Waals surface area contributed by atoms with E-state index in [1.54, 1.807) is 6.20 Å². The lowest BCUT2D eigenvalue weighted by Crippen LogP contribution is -2.42. The summed E-state index contributed by atoms with van der Waals surface area (Å²) in [4.78, 5) is 17.9. The zero-order valence-electron chi connectivity index (χ0n) is 7.96. The van der Waals surface area contributed by atoms with E-state index in [-0.39, 0.29) is 5.91 Å². The number of pyridine rings is 1. The van der Waals surface area contributed by atoms with Crippen molar-refractivity contribution < 1.29 is 4.79 Å². The van der Waals surface area contributed by atoms with Crippen molar-refractivity contribution in [2.45, 2.75) is 13.3 Å². The fourth-order valence-electron chi connectivity index (χ4n) is 1.41. The Bertz CT molecular complexity index is 374. The maximum absolute atomic E-state index is 11.9. The van der Waals surface area contributed by atoms with Gasteiger partial charge in [0.15, 0.2) is 0 Å². The van der Waals surface area contributed by atoms with Crippen molar-refractivity contribution >= 4 is 21.8 Å². The number of rotatable bonds is 1. The SMILES string of the molecule is Cc1ncc(Br)cc1C(=O)N1CCC1. The summed E-state index contributed by atoms with van der Waals surface area (Å²) < 4.78 is 0.854. The Morgan fingerprint density at radius 3 is 2.86 bits per heavy atom. The number of hydrogen-bond donors (Lipinski definition) is 0. The van der Waals surface area contributed by atoms with Crippen molar-refractivity contribution in [3.63, 3.8) is 0 Å². The van der Waals surface area contributed by atoms with Crippen molar-refractivity contribution in [1.29, 1.82) is 0 Å². The molecule has 0 N–H and O–H groups in total. The predicted octanol–water partition coefficient (Wildman–Crippen LogP) is 2.00. The largest absolute Gasteiger partial charge is 0.338 e. The van der Waals surface area contributed by atoms with Crippen LogP contribution in [0.4, 0.5) is 0 Å². The molecular formula is C10H11BrN2O. The molecule has 0 unspecified atom stereocenters. The molecule has 74 valence electrons. The van der Waals surface area contributed by atoms with Gasteiger partial charge in [0.25, 0.3) is 5.91 Å². The molecule has 1 aromatic heterocycles. The monoisotopic (exact) mass is 254 g/mol. The average molecular weight is 255 g/mol. The third-order valence-corrected chi connectivity index (χ3v) is 2.86. The highest BCUT2D eigenvalue weighted by atomic mass is 79.9. The van der Waals surface area contributed by atoms with Gasteiger partial charge in [0.05, 0.1) is 11.3 Å². The molecule has 0 atom stereocenters. The van der Waals surface area contributed by atoms with Crippen LogP contribution in [0.5, 0.6) is 0 Å². The van der Waals surface area contributed by atoms with Crippen LogP contribution >= 0.6 is 15.9 Å². The number of aryl methyl sites for hydroxylation is 1. The van der Waals surface area contributed by atoms with E-state index in [0.717, 1.165) is 29.7 Å². The van der Waals surface area contributed by atoms with E-state index in [2.05, 4.69) is 20.9 Å². The lowest BCUT2D eigenvalue weighted by Gasteiger charge is -2.31. The molecule has 1 saturated heterocycles. The van der Waals surface area contributed by atoms with E-state index in [1.165, 1.54) is 0 Å². The fraction of sp³-hybridized carbons (Fsp3) is 0.400. The molecule has 2 rings (SSSR count). The van der Waals surface area contributed by atoms with Gasteiger partial charge in [-0.3, -0.25) is 9.78 Å². The molecule has 0 aromatic carbocycles. The first-order valence-electron chi connectivity index (χ1n) is 4.60. The van der Waals surface area contributed by atoms with Crippen LogP contribution in [0.2, 0.25) is 0 Å². The van der Waals surface area contributed by atoms with E-state index < -0.39 is 0 Å². The van der Waals surface area contributed by atoms with Crippen molar-refractivity contribution in [3.8, 4) is 0 Å². The maximum Gasteiger partial charge on any atom is 0.255 e. The summed E-state index contributed by atoms with van der Waals surface area (Å²) in [6.45, 7) is 3.62. The van der Waals surface area contributed by atoms with E-state index in [9.17, 15) is 4.79 Å². The van der Waals surface area contributed by atoms with Gasteiger partial charge in [-0.1, -0.05) is 0 Å². The molecule has 0 saturated carbocycles. The normalized spacial score (nSPS) is 15.1. The van der Waals surface area contributed by atoms with Crippen molar-refractivity contribution in [3.05, 3.63) is 28.0 Å². The number of hydrogen-bond acceptors (Lipinski definition) is 2. The van der Waals surface area contributed by atoms with E-state index >= 15 is 0 Å². The highest BCUT2D eigenvalue weighted by Gasteiger charge is 2.23. The molecule has 1 aliphatic heterocycles. The van der Waals surface area contributed by atoms with Crippen LogP contribution in [-0.4, -0.2) is 28.9 Å². The Morgan fingerprint density at radius 1 is 1.57 bits per heavy atom. The summed E-state index contributed by atoms with van der Waals surface area (Å²) in [6, 6.07) is 1.84. The molecule has 0 bridgehead atoms. The molecule has 1 aliphatic rings. The van der Waals surface area contributed by atoms with Crippen molar-refractivity contribution in [2.24, 2.45) is 0 Å². The lowest BCUT2D eigenvalue weighted by atomic mass is 10.1. The number of carbonyl (C=O) groups is 1. The number of nitrogens with zero attached hydrogens (tertiary/aromatic N) is 2. The third-order valence-electron chi connectivity index (χ3n) is 2.43. The zero-order valence-corrected chi connectivity index (χ0v) is 9.54. The first-order valence-corrected chi connectivity index (χ1v) is 5.39. The summed E-state index contributed by atoms with van der Waals surface area (Å²) >= 11 is 3.32. The first kappa shape index (κ1) is 9.65. The molecule has 0 aliphatic carbocycles. The Labute approximate surface area is 91.3 Å². The van der Waals surface area contributed by atoms with Gasteiger partial charge in [0.2, 0.25) is 0 Å². The number of likely N-dealkylation sites (tertiary alicyclic amines) is 1. The van der Waals surface area contributed by atoms with Crippen LogP contribution in [0.3, 0.4) is 0 Å². The summed E-state index contributed by atoms with van der Waals surface area (Å²) in [5.41, 5.74) is 1.50. The summed E-state index contributed by atoms with van der Waals surface area (Å²) in [6.07, 6.45) is 2.83. The minimum atomic E-state index is 0.0996. The summed E-state index contributed by atoms with van der Waals surface area (Å²) in [5, 5.41) is 0. The minimum Gasteiger partial charge on any atom is -0.338 e. The second-order valence-corrected chi connectivity index (χ2v) is 4.35. The maximum atomic E-state index is 11.9. The molecule has 3 nitrogen and oxygen atoms in total. The van der Waals surface area contributed by atoms with Gasteiger partial charge in [-0.25, -0.2) is 0 Å². The number of aromatic nitrogens is 1. The Balaban J connectivity index is 2.29. The topological polar surface area (TPSA) is 33.2 Å². The van der Waals surface area contributed by atoms with Crippen molar-refractivity contribution in [1.82, 2.24) is 9.88 Å². The zero-order chi connectivity index (χ0) is 10.1. The highest BCUT2D eigenvalue weighted by molar-refractivity contribution is 9.10. The van der Waals surface area contributed by atoms with Gasteiger partial charge < -0.3 is 4.90 Å². The molecule has 2 heterocycles. The van der Waals surface area contributed by atoms with E-state index in [0.29, 0.717) is 5.56 Å². The number of carbonyl (C=O) groups excluding carboxylic acids is 1. The molecule has 4 heteroatoms. The molecule has 1 fully saturated rings. The Hall–Kier alpha value is -0.900. The third kappa shape index (κ3) is 1.66. The summed E-state index contributed by atoms with van der Waals surface area (Å²) in [7, 11) is 0. The Morgan fingerprint density at radius 2 is 2.29 bits per heavy atom. The quantitative estimate of drug-likeness (QED) is 0.768. The van der Waals surface area contributed by atoms with E-state index in [4.69, 9.17) is 0 Å². The standard InChI is InChI=1S/C10H11BrN2O/c1-7-9(5-8(11)6-12-7)10(14)13-3-2-4-13/h5-6H,2-4H2,1H3. The van der Waals surface area contributed by atoms with Gasteiger partial charge in [0, 0.05) is 23.8 Å². The molecule has 0 spiro atoms. The Kier molecular flexibility index (Phi) is 2.54. The number of halogens is 1. The van der Waals surface area contributed by atoms with Gasteiger partial charge in [0.1, 0.15) is 0 Å². The first-order chi connectivity index (χ1) is 6.68. The van der Waals surface area contributed by atoms with Gasteiger partial charge in [-0.2, -0.15) is 0 Å². The van der Waals surface area contributed by atoms with Gasteiger partial charge in [-0.15, -0.1) is 0 Å². The minimum absolute atomic E-state index is 0.0996. The van der Waals surface area contributed by atoms with Gasteiger partial charge >= 0.3 is 0 Å². The predicted molar refractivity (Wildman–Crippen MR) is 57.2 cm³/mol. The lowest BCUT2D eigenvalue weighted by molar-refractivity contribution is 0.0650. The fourth-order valence-corrected chi connectivity index (χ4v) is 1.75. The molecular weight excluding hydrogens is 244 g/mol. The van der Waals surface area contributed by atoms with Gasteiger partial charge in [-0.05, 0) is 35.3 Å². The molecule has 1 aromatic rings. The second kappa shape index (κ2) is 3.69. The highest BCUT2D eigenvalue weighted by Crippen LogP contribution is 2.18. The van der Waals surface area contributed by atoms with Crippen molar-refractivity contribution in [2.75, 3.05) is 13.1 Å². The summed E-state index contributed by atoms with van der Waals surface area (Å²) in [5.74, 6) is 0.0996. The van der Waals surface area contributed by atoms with Crippen LogP contribution < -0.4 is 0 Å². The molecule has 14 heavy (non-hydrogen) atoms. The van der Waals surface area contributed by atoms with E-state index in [1.807, 2.05) is 17.9 Å². The smallest absolute Gasteiger partial charge is 0.255 e. The van der Waals surface area contributed by atoms with Crippen LogP contribution in [0, 0.1) is 6.92 Å². The van der Waals surface area contributed by atoms with Crippen LogP contribution in [0.1, 0.15) is 22.5 Å². The molecule has 1 amide bonds. The average Bonchev–Trinajstić information content (AvgIpc) is 2.06. The molecule has 0 radical (unpaired) electrons. The van der Waals surface area contributed by atoms with Crippen LogP contribution in [0.25, 0.3) is 0 Å². The van der Waals surface area contributed by atoms with Crippen LogP contribution in [0.15, 0.2) is 16.7 Å².